The predicted molar refractivity (Wildman–Crippen MR) is 47.1 cm³/mol. The molecule has 0 aliphatic carbocycles. The lowest BCUT2D eigenvalue weighted by molar-refractivity contribution is 0.527. The Kier molecular flexibility index (Phi) is 7.15. The first-order chi connectivity index (χ1) is 4.77. The van der Waals surface area contributed by atoms with Crippen molar-refractivity contribution in [3.05, 3.63) is 0 Å². The van der Waals surface area contributed by atoms with Crippen LogP contribution in [0.5, 0.6) is 0 Å². The molecule has 0 amide bonds. The molecule has 2 heteroatoms. The van der Waals surface area contributed by atoms with E-state index < -0.39 is 0 Å². The SMILES string of the molecule is [B]NCCCCCC(C)C. The molecule has 0 rings (SSSR count). The van der Waals surface area contributed by atoms with E-state index in [4.69, 9.17) is 7.98 Å². The molecule has 0 heterocycles. The average molecular weight is 139 g/mol. The summed E-state index contributed by atoms with van der Waals surface area (Å²) in [5.41, 5.74) is 0. The zero-order valence-electron chi connectivity index (χ0n) is 7.19. The molecule has 2 radical (unpaired) electrons. The first-order valence-corrected chi connectivity index (χ1v) is 4.21. The van der Waals surface area contributed by atoms with Crippen LogP contribution in [0.4, 0.5) is 0 Å². The molecule has 58 valence electrons. The molecule has 0 bridgehead atoms. The van der Waals surface area contributed by atoms with Gasteiger partial charge in [0.1, 0.15) is 0 Å². The van der Waals surface area contributed by atoms with Gasteiger partial charge < -0.3 is 5.23 Å². The minimum atomic E-state index is 0.853. The standard InChI is InChI=1S/C8H18BN/c1-8(2)6-4-3-5-7-10-9/h8,10H,3-7H2,1-2H3. The van der Waals surface area contributed by atoms with Gasteiger partial charge in [-0.3, -0.25) is 0 Å². The highest BCUT2D eigenvalue weighted by atomic mass is 14.7. The van der Waals surface area contributed by atoms with Crippen molar-refractivity contribution >= 4 is 7.98 Å². The molecule has 0 aliphatic rings. The number of hydrogen-bond donors (Lipinski definition) is 1. The number of rotatable bonds is 6. The average Bonchev–Trinajstić information content (AvgIpc) is 1.87. The van der Waals surface area contributed by atoms with E-state index in [2.05, 4.69) is 19.1 Å². The fraction of sp³-hybridized carbons (Fsp3) is 1.00. The van der Waals surface area contributed by atoms with Crippen LogP contribution < -0.4 is 5.23 Å². The van der Waals surface area contributed by atoms with Gasteiger partial charge in [-0.15, -0.1) is 0 Å². The molecule has 0 aromatic carbocycles. The van der Waals surface area contributed by atoms with Crippen molar-refractivity contribution in [2.24, 2.45) is 5.92 Å². The van der Waals surface area contributed by atoms with Crippen molar-refractivity contribution in [1.29, 1.82) is 0 Å². The molecular formula is C8H18BN. The number of nitrogens with one attached hydrogen (secondary N) is 1. The third kappa shape index (κ3) is 8.02. The van der Waals surface area contributed by atoms with Crippen LogP contribution in [-0.4, -0.2) is 14.5 Å². The van der Waals surface area contributed by atoms with E-state index in [1.54, 1.807) is 0 Å². The molecule has 0 aliphatic heterocycles. The van der Waals surface area contributed by atoms with Gasteiger partial charge in [0.25, 0.3) is 0 Å². The fourth-order valence-corrected chi connectivity index (χ4v) is 0.956. The number of hydrogen-bond acceptors (Lipinski definition) is 1. The van der Waals surface area contributed by atoms with Gasteiger partial charge in [0.15, 0.2) is 7.98 Å². The molecule has 0 aromatic rings. The third-order valence-electron chi connectivity index (χ3n) is 1.60. The van der Waals surface area contributed by atoms with Crippen LogP contribution in [0.3, 0.4) is 0 Å². The van der Waals surface area contributed by atoms with Crippen LogP contribution in [-0.2, 0) is 0 Å². The number of unbranched alkanes of at least 4 members (excludes halogenated alkanes) is 2. The van der Waals surface area contributed by atoms with Crippen LogP contribution in [0.1, 0.15) is 39.5 Å². The van der Waals surface area contributed by atoms with E-state index in [0.29, 0.717) is 0 Å². The van der Waals surface area contributed by atoms with Crippen LogP contribution in [0.25, 0.3) is 0 Å². The van der Waals surface area contributed by atoms with Gasteiger partial charge in [0.05, 0.1) is 0 Å². The summed E-state index contributed by atoms with van der Waals surface area (Å²) in [6, 6.07) is 0. The van der Waals surface area contributed by atoms with Crippen LogP contribution in [0.2, 0.25) is 0 Å². The summed E-state index contributed by atoms with van der Waals surface area (Å²) in [5.74, 6) is 0.853. The molecule has 1 N–H and O–H groups in total. The minimum absolute atomic E-state index is 0.853. The van der Waals surface area contributed by atoms with Gasteiger partial charge in [0, 0.05) is 0 Å². The summed E-state index contributed by atoms with van der Waals surface area (Å²) >= 11 is 0. The van der Waals surface area contributed by atoms with E-state index in [1.165, 1.54) is 25.7 Å². The van der Waals surface area contributed by atoms with E-state index in [9.17, 15) is 0 Å². The summed E-state index contributed by atoms with van der Waals surface area (Å²) in [6.07, 6.45) is 5.22. The maximum Gasteiger partial charge on any atom is 0.177 e. The van der Waals surface area contributed by atoms with Gasteiger partial charge >= 0.3 is 0 Å². The van der Waals surface area contributed by atoms with E-state index in [-0.39, 0.29) is 0 Å². The Morgan fingerprint density at radius 3 is 2.40 bits per heavy atom. The van der Waals surface area contributed by atoms with Gasteiger partial charge in [0.2, 0.25) is 0 Å². The summed E-state index contributed by atoms with van der Waals surface area (Å²) in [4.78, 5) is 0. The molecule has 0 saturated carbocycles. The second kappa shape index (κ2) is 7.14. The highest BCUT2D eigenvalue weighted by molar-refractivity contribution is 6.04. The van der Waals surface area contributed by atoms with Crippen molar-refractivity contribution in [2.75, 3.05) is 6.54 Å². The van der Waals surface area contributed by atoms with Gasteiger partial charge in [-0.1, -0.05) is 33.1 Å². The predicted octanol–water partition coefficient (Wildman–Crippen LogP) is 1.88. The minimum Gasteiger partial charge on any atom is -0.366 e. The van der Waals surface area contributed by atoms with Crippen molar-refractivity contribution < 1.29 is 0 Å². The highest BCUT2D eigenvalue weighted by Crippen LogP contribution is 2.06. The van der Waals surface area contributed by atoms with E-state index in [1.807, 2.05) is 0 Å². The smallest absolute Gasteiger partial charge is 0.177 e. The second-order valence-corrected chi connectivity index (χ2v) is 3.20. The summed E-state index contributed by atoms with van der Waals surface area (Å²) in [6.45, 7) is 5.49. The topological polar surface area (TPSA) is 12.0 Å². The molecule has 0 aromatic heterocycles. The molecular weight excluding hydrogens is 121 g/mol. The first kappa shape index (κ1) is 10.0. The first-order valence-electron chi connectivity index (χ1n) is 4.21. The van der Waals surface area contributed by atoms with Gasteiger partial charge in [-0.2, -0.15) is 0 Å². The molecule has 10 heavy (non-hydrogen) atoms. The highest BCUT2D eigenvalue weighted by Gasteiger charge is 1.92. The quantitative estimate of drug-likeness (QED) is 0.437. The van der Waals surface area contributed by atoms with Crippen LogP contribution in [0.15, 0.2) is 0 Å². The Bertz CT molecular complexity index is 64.3. The van der Waals surface area contributed by atoms with E-state index in [0.717, 1.165) is 12.5 Å². The Morgan fingerprint density at radius 1 is 1.20 bits per heavy atom. The second-order valence-electron chi connectivity index (χ2n) is 3.20. The zero-order chi connectivity index (χ0) is 7.82. The van der Waals surface area contributed by atoms with Crippen molar-refractivity contribution in [1.82, 2.24) is 5.23 Å². The summed E-state index contributed by atoms with van der Waals surface area (Å²) < 4.78 is 0. The molecule has 0 spiro atoms. The van der Waals surface area contributed by atoms with Crippen molar-refractivity contribution in [3.8, 4) is 0 Å². The molecule has 0 fully saturated rings. The Labute approximate surface area is 66.0 Å². The molecule has 0 unspecified atom stereocenters. The summed E-state index contributed by atoms with van der Waals surface area (Å²) in [7, 11) is 5.12. The Morgan fingerprint density at radius 2 is 1.90 bits per heavy atom. The maximum atomic E-state index is 5.12. The van der Waals surface area contributed by atoms with Gasteiger partial charge in [-0.05, 0) is 18.9 Å². The lowest BCUT2D eigenvalue weighted by Crippen LogP contribution is -2.09. The normalized spacial score (nSPS) is 10.7. The maximum absolute atomic E-state index is 5.12. The third-order valence-corrected chi connectivity index (χ3v) is 1.60. The van der Waals surface area contributed by atoms with E-state index >= 15 is 0 Å². The zero-order valence-corrected chi connectivity index (χ0v) is 7.19. The molecule has 0 atom stereocenters. The van der Waals surface area contributed by atoms with Gasteiger partial charge in [-0.25, -0.2) is 0 Å². The Balaban J connectivity index is 2.77. The lowest BCUT2D eigenvalue weighted by atomic mass is 10.1. The van der Waals surface area contributed by atoms with Crippen molar-refractivity contribution in [3.63, 3.8) is 0 Å². The summed E-state index contributed by atoms with van der Waals surface area (Å²) in [5, 5.41) is 2.66. The fourth-order valence-electron chi connectivity index (χ4n) is 0.956. The molecule has 1 nitrogen and oxygen atoms in total. The van der Waals surface area contributed by atoms with Crippen LogP contribution in [0, 0.1) is 5.92 Å². The van der Waals surface area contributed by atoms with Crippen molar-refractivity contribution in [2.45, 2.75) is 39.5 Å². The Hall–Kier alpha value is 0.0249. The van der Waals surface area contributed by atoms with Crippen LogP contribution >= 0.6 is 0 Å². The monoisotopic (exact) mass is 139 g/mol. The molecule has 0 saturated heterocycles. The lowest BCUT2D eigenvalue weighted by Gasteiger charge is -2.03. The largest absolute Gasteiger partial charge is 0.366 e.